The van der Waals surface area contributed by atoms with Crippen molar-refractivity contribution in [3.05, 3.63) is 150 Å². The zero-order valence-corrected chi connectivity index (χ0v) is 27.6. The van der Waals surface area contributed by atoms with Crippen LogP contribution in [0.1, 0.15) is 37.5 Å². The highest BCUT2D eigenvalue weighted by molar-refractivity contribution is 7.16. The molecule has 0 radical (unpaired) electrons. The molecule has 0 aliphatic heterocycles. The number of nitrogens with one attached hydrogen (secondary N) is 2. The molecule has 0 bridgehead atoms. The molecule has 2 aliphatic rings. The van der Waals surface area contributed by atoms with Gasteiger partial charge in [-0.1, -0.05) is 107 Å². The third-order valence-electron chi connectivity index (χ3n) is 7.56. The van der Waals surface area contributed by atoms with Crippen LogP contribution >= 0.6 is 69.1 Å². The minimum atomic E-state index is -1.33. The number of anilines is 2. The summed E-state index contributed by atoms with van der Waals surface area (Å²) in [7, 11) is 0. The van der Waals surface area contributed by atoms with E-state index in [2.05, 4.69) is 10.6 Å². The van der Waals surface area contributed by atoms with E-state index in [0.717, 1.165) is 11.4 Å². The summed E-state index contributed by atoms with van der Waals surface area (Å²) in [6.07, 6.45) is 11.2. The number of carbonyl (C=O) groups is 1. The Labute approximate surface area is 283 Å². The van der Waals surface area contributed by atoms with Crippen LogP contribution in [0.3, 0.4) is 0 Å². The van der Waals surface area contributed by atoms with Crippen molar-refractivity contribution in [2.75, 3.05) is 10.6 Å². The molecule has 0 saturated carbocycles. The fourth-order valence-corrected chi connectivity index (χ4v) is 8.69. The number of halogens is 4. The number of hydrogen-bond donors (Lipinski definition) is 4. The number of carbonyl (C=O) groups excluding carboxylic acids is 1. The minimum Gasteiger partial charge on any atom is -0.356 e. The molecule has 4 atom stereocenters. The van der Waals surface area contributed by atoms with Crippen molar-refractivity contribution >= 4 is 86.2 Å². The van der Waals surface area contributed by atoms with Crippen molar-refractivity contribution in [2.24, 2.45) is 11.5 Å². The Bertz CT molecular complexity index is 1690. The molecule has 6 rings (SSSR count). The van der Waals surface area contributed by atoms with Gasteiger partial charge in [0.05, 0.1) is 31.2 Å². The van der Waals surface area contributed by atoms with Crippen molar-refractivity contribution in [3.8, 4) is 0 Å². The molecule has 0 saturated heterocycles. The van der Waals surface area contributed by atoms with E-state index >= 15 is 0 Å². The van der Waals surface area contributed by atoms with Crippen LogP contribution < -0.4 is 22.1 Å². The van der Waals surface area contributed by atoms with Crippen LogP contribution in [0.4, 0.5) is 11.4 Å². The van der Waals surface area contributed by atoms with Crippen molar-refractivity contribution in [3.63, 3.8) is 0 Å². The molecular weight excluding hydrogens is 674 g/mol. The molecule has 2 heterocycles. The molecular formula is C33H26Cl4N4OS2. The second-order valence-electron chi connectivity index (χ2n) is 10.4. The first kappa shape index (κ1) is 31.1. The maximum Gasteiger partial charge on any atom is 0.215 e. The Balaban J connectivity index is 1.24. The van der Waals surface area contributed by atoms with Gasteiger partial charge in [0.1, 0.15) is 10.00 Å². The van der Waals surface area contributed by atoms with Crippen molar-refractivity contribution in [1.29, 1.82) is 0 Å². The Morgan fingerprint density at radius 3 is 1.45 bits per heavy atom. The molecule has 2 aromatic carbocycles. The van der Waals surface area contributed by atoms with Gasteiger partial charge < -0.3 is 22.1 Å². The summed E-state index contributed by atoms with van der Waals surface area (Å²) in [5.74, 6) is -1.29. The van der Waals surface area contributed by atoms with Crippen LogP contribution in [0.15, 0.2) is 119 Å². The minimum absolute atomic E-state index is 0.289. The molecule has 2 aliphatic carbocycles. The Hall–Kier alpha value is -2.85. The van der Waals surface area contributed by atoms with Gasteiger partial charge in [0.15, 0.2) is 0 Å². The molecule has 0 spiro atoms. The van der Waals surface area contributed by atoms with Crippen LogP contribution in [0.5, 0.6) is 0 Å². The molecule has 5 nitrogen and oxygen atoms in total. The van der Waals surface area contributed by atoms with Crippen molar-refractivity contribution < 1.29 is 4.79 Å². The number of para-hydroxylation sites is 2. The van der Waals surface area contributed by atoms with Gasteiger partial charge in [-0.25, -0.2) is 0 Å². The molecule has 44 heavy (non-hydrogen) atoms. The van der Waals surface area contributed by atoms with Crippen LogP contribution in [0, 0.1) is 0 Å². The zero-order chi connectivity index (χ0) is 31.1. The summed E-state index contributed by atoms with van der Waals surface area (Å²) < 4.78 is 0. The average Bonchev–Trinajstić information content (AvgIpc) is 3.58. The summed E-state index contributed by atoms with van der Waals surface area (Å²) in [4.78, 5) is 11.9. The highest BCUT2D eigenvalue weighted by Gasteiger charge is 2.42. The van der Waals surface area contributed by atoms with Gasteiger partial charge in [-0.15, -0.1) is 22.7 Å². The summed E-state index contributed by atoms with van der Waals surface area (Å²) >= 11 is 30.2. The third kappa shape index (κ3) is 5.80. The van der Waals surface area contributed by atoms with Gasteiger partial charge in [0.2, 0.25) is 5.78 Å². The maximum atomic E-state index is 13.9. The molecule has 0 fully saturated rings. The zero-order valence-electron chi connectivity index (χ0n) is 22.9. The highest BCUT2D eigenvalue weighted by Crippen LogP contribution is 2.48. The van der Waals surface area contributed by atoms with Gasteiger partial charge in [0.25, 0.3) is 0 Å². The Morgan fingerprint density at radius 1 is 0.682 bits per heavy atom. The molecule has 2 aromatic heterocycles. The standard InChI is InChI=1S/C33H26Cl4N4OS2/c34-27-21(23-13-7-15-25(32(23,36)38)40-19-9-3-1-4-10-19)17-43-30(27)29(42)31-28(35)22(18-44-31)24-14-8-16-26(33(24,37)39)41-20-11-5-2-6-12-20/h1-18,23-24,40-41H,38-39H2. The van der Waals surface area contributed by atoms with E-state index in [1.54, 1.807) is 0 Å². The molecule has 6 N–H and O–H groups in total. The first-order chi connectivity index (χ1) is 21.1. The van der Waals surface area contributed by atoms with Gasteiger partial charge in [0, 0.05) is 23.2 Å². The number of hydrogen-bond acceptors (Lipinski definition) is 7. The van der Waals surface area contributed by atoms with E-state index in [-0.39, 0.29) is 15.8 Å². The van der Waals surface area contributed by atoms with E-state index in [9.17, 15) is 4.79 Å². The molecule has 224 valence electrons. The quantitative estimate of drug-likeness (QED) is 0.0836. The van der Waals surface area contributed by atoms with Gasteiger partial charge in [-0.3, -0.25) is 4.79 Å². The topological polar surface area (TPSA) is 93.2 Å². The van der Waals surface area contributed by atoms with Crippen LogP contribution in [-0.4, -0.2) is 15.8 Å². The number of thiophene rings is 2. The fraction of sp³-hybridized carbons (Fsp3) is 0.121. The lowest BCUT2D eigenvalue weighted by molar-refractivity contribution is 0.104. The number of benzene rings is 2. The second kappa shape index (κ2) is 12.5. The fourth-order valence-electron chi connectivity index (χ4n) is 5.23. The maximum absolute atomic E-state index is 13.9. The average molecular weight is 701 g/mol. The van der Waals surface area contributed by atoms with Crippen LogP contribution in [-0.2, 0) is 0 Å². The predicted molar refractivity (Wildman–Crippen MR) is 188 cm³/mol. The molecule has 4 aromatic rings. The molecule has 11 heteroatoms. The first-order valence-electron chi connectivity index (χ1n) is 13.5. The summed E-state index contributed by atoms with van der Waals surface area (Å²) in [6, 6.07) is 19.2. The largest absolute Gasteiger partial charge is 0.356 e. The SMILES string of the molecule is NC1(Cl)C(Nc2ccccc2)=CC=CC1c1csc(C(=O)c2scc(C3C=CC=C(Nc4ccccc4)C3(N)Cl)c2Cl)c1Cl. The molecule has 0 amide bonds. The number of ketones is 1. The highest BCUT2D eigenvalue weighted by atomic mass is 35.5. The van der Waals surface area contributed by atoms with E-state index in [1.165, 1.54) is 22.7 Å². The van der Waals surface area contributed by atoms with Crippen LogP contribution in [0.25, 0.3) is 0 Å². The van der Waals surface area contributed by atoms with E-state index in [0.29, 0.717) is 32.3 Å². The lowest BCUT2D eigenvalue weighted by Crippen LogP contribution is -2.45. The number of rotatable bonds is 8. The first-order valence-corrected chi connectivity index (χ1v) is 16.8. The lowest BCUT2D eigenvalue weighted by atomic mass is 9.86. The summed E-state index contributed by atoms with van der Waals surface area (Å²) in [5.41, 5.74) is 17.6. The van der Waals surface area contributed by atoms with Crippen molar-refractivity contribution in [1.82, 2.24) is 0 Å². The van der Waals surface area contributed by atoms with Gasteiger partial charge in [-0.05, 0) is 58.3 Å². The number of allylic oxidation sites excluding steroid dienone is 4. The number of alkyl halides is 2. The smallest absolute Gasteiger partial charge is 0.215 e. The predicted octanol–water partition coefficient (Wildman–Crippen LogP) is 9.43. The Morgan fingerprint density at radius 2 is 1.07 bits per heavy atom. The lowest BCUT2D eigenvalue weighted by Gasteiger charge is -2.35. The monoisotopic (exact) mass is 698 g/mol. The van der Waals surface area contributed by atoms with E-state index < -0.39 is 21.8 Å². The van der Waals surface area contributed by atoms with E-state index in [1.807, 2.05) is 108 Å². The summed E-state index contributed by atoms with van der Waals surface area (Å²) in [6.45, 7) is 0. The van der Waals surface area contributed by atoms with E-state index in [4.69, 9.17) is 57.9 Å². The van der Waals surface area contributed by atoms with Gasteiger partial charge >= 0.3 is 0 Å². The Kier molecular flexibility index (Phi) is 8.85. The summed E-state index contributed by atoms with van der Waals surface area (Å²) in [5, 5.41) is 10.8. The van der Waals surface area contributed by atoms with Crippen molar-refractivity contribution in [2.45, 2.75) is 21.8 Å². The normalized spacial score (nSPS) is 24.5. The van der Waals surface area contributed by atoms with Gasteiger partial charge in [-0.2, -0.15) is 0 Å². The third-order valence-corrected chi connectivity index (χ3v) is 11.5. The molecule has 4 unspecified atom stereocenters. The van der Waals surface area contributed by atoms with Crippen LogP contribution in [0.2, 0.25) is 10.0 Å². The number of nitrogens with two attached hydrogens (primary N) is 2. The second-order valence-corrected chi connectivity index (χ2v) is 14.2.